The molecule has 1 saturated carbocycles. The third kappa shape index (κ3) is 2.00. The zero-order valence-electron chi connectivity index (χ0n) is 11.9. The second-order valence-corrected chi connectivity index (χ2v) is 6.58. The van der Waals surface area contributed by atoms with Gasteiger partial charge in [-0.15, -0.1) is 0 Å². The van der Waals surface area contributed by atoms with Crippen LogP contribution >= 0.6 is 0 Å². The van der Waals surface area contributed by atoms with Crippen molar-refractivity contribution in [1.29, 1.82) is 0 Å². The molecule has 5 heteroatoms. The van der Waals surface area contributed by atoms with Crippen molar-refractivity contribution in [2.75, 3.05) is 0 Å². The highest BCUT2D eigenvalue weighted by atomic mass is 16.7. The van der Waals surface area contributed by atoms with Crippen LogP contribution < -0.4 is 5.46 Å². The van der Waals surface area contributed by atoms with Crippen LogP contribution in [0.3, 0.4) is 0 Å². The Balaban J connectivity index is 1.97. The molecule has 0 spiro atoms. The van der Waals surface area contributed by atoms with E-state index in [0.717, 1.165) is 23.9 Å². The molecule has 1 aromatic rings. The van der Waals surface area contributed by atoms with Gasteiger partial charge >= 0.3 is 7.12 Å². The molecular formula is C14H20BNO3. The Morgan fingerprint density at radius 1 is 1.16 bits per heavy atom. The summed E-state index contributed by atoms with van der Waals surface area (Å²) in [6, 6.07) is 1.88. The van der Waals surface area contributed by atoms with E-state index in [1.54, 1.807) is 12.4 Å². The van der Waals surface area contributed by atoms with Crippen LogP contribution in [0.5, 0.6) is 0 Å². The smallest absolute Gasteiger partial charge is 0.399 e. The van der Waals surface area contributed by atoms with Gasteiger partial charge in [-0.05, 0) is 52.1 Å². The number of aromatic nitrogens is 1. The SMILES string of the molecule is CC1(C)OB(c2ccncc2C2(O)CC2)OC1(C)C. The van der Waals surface area contributed by atoms with E-state index in [2.05, 4.69) is 4.98 Å². The molecule has 0 unspecified atom stereocenters. The summed E-state index contributed by atoms with van der Waals surface area (Å²) in [5, 5.41) is 10.4. The second-order valence-electron chi connectivity index (χ2n) is 6.58. The number of rotatable bonds is 2. The third-order valence-electron chi connectivity index (χ3n) is 4.59. The zero-order valence-corrected chi connectivity index (χ0v) is 11.9. The van der Waals surface area contributed by atoms with Crippen LogP contribution in [-0.4, -0.2) is 28.4 Å². The predicted octanol–water partition coefficient (Wildman–Crippen LogP) is 1.36. The molecule has 0 aromatic carbocycles. The van der Waals surface area contributed by atoms with Crippen molar-refractivity contribution in [3.05, 3.63) is 24.0 Å². The summed E-state index contributed by atoms with van der Waals surface area (Å²) in [5.74, 6) is 0. The van der Waals surface area contributed by atoms with Crippen LogP contribution in [-0.2, 0) is 14.9 Å². The molecule has 2 heterocycles. The van der Waals surface area contributed by atoms with E-state index in [0.29, 0.717) is 0 Å². The fraction of sp³-hybridized carbons (Fsp3) is 0.643. The molecule has 0 bridgehead atoms. The van der Waals surface area contributed by atoms with Gasteiger partial charge in [-0.25, -0.2) is 0 Å². The highest BCUT2D eigenvalue weighted by molar-refractivity contribution is 6.62. The maximum Gasteiger partial charge on any atom is 0.495 e. The molecule has 102 valence electrons. The first kappa shape index (κ1) is 13.1. The molecule has 4 nitrogen and oxygen atoms in total. The summed E-state index contributed by atoms with van der Waals surface area (Å²) >= 11 is 0. The van der Waals surface area contributed by atoms with Gasteiger partial charge in [0, 0.05) is 18.0 Å². The van der Waals surface area contributed by atoms with Crippen LogP contribution in [0.1, 0.15) is 46.1 Å². The van der Waals surface area contributed by atoms with Crippen molar-refractivity contribution in [1.82, 2.24) is 4.98 Å². The van der Waals surface area contributed by atoms with Crippen LogP contribution in [0.25, 0.3) is 0 Å². The Hall–Kier alpha value is -0.905. The number of hydrogen-bond acceptors (Lipinski definition) is 4. The Morgan fingerprint density at radius 2 is 1.74 bits per heavy atom. The molecule has 1 aliphatic carbocycles. The van der Waals surface area contributed by atoms with E-state index in [1.165, 1.54) is 0 Å². The third-order valence-corrected chi connectivity index (χ3v) is 4.59. The lowest BCUT2D eigenvalue weighted by Crippen LogP contribution is -2.41. The summed E-state index contributed by atoms with van der Waals surface area (Å²) in [6.45, 7) is 8.11. The first-order valence-electron chi connectivity index (χ1n) is 6.78. The lowest BCUT2D eigenvalue weighted by Gasteiger charge is -2.32. The molecule has 1 aliphatic heterocycles. The van der Waals surface area contributed by atoms with Gasteiger partial charge in [0.1, 0.15) is 0 Å². The fourth-order valence-electron chi connectivity index (χ4n) is 2.36. The van der Waals surface area contributed by atoms with Gasteiger partial charge in [-0.1, -0.05) is 0 Å². The number of pyridine rings is 1. The standard InChI is InChI=1S/C14H20BNO3/c1-12(2)13(3,4)19-15(18-12)11-5-8-16-9-10(11)14(17)6-7-14/h5,8-9,17H,6-7H2,1-4H3. The van der Waals surface area contributed by atoms with Gasteiger partial charge in [0.25, 0.3) is 0 Å². The van der Waals surface area contributed by atoms with E-state index in [4.69, 9.17) is 9.31 Å². The number of aliphatic hydroxyl groups is 1. The summed E-state index contributed by atoms with van der Waals surface area (Å²) in [6.07, 6.45) is 5.01. The number of hydrogen-bond donors (Lipinski definition) is 1. The summed E-state index contributed by atoms with van der Waals surface area (Å²) < 4.78 is 12.1. The van der Waals surface area contributed by atoms with Gasteiger partial charge in [0.2, 0.25) is 0 Å². The fourth-order valence-corrected chi connectivity index (χ4v) is 2.36. The lowest BCUT2D eigenvalue weighted by atomic mass is 9.75. The average molecular weight is 261 g/mol. The summed E-state index contributed by atoms with van der Waals surface area (Å²) in [4.78, 5) is 4.12. The van der Waals surface area contributed by atoms with Gasteiger partial charge < -0.3 is 14.4 Å². The van der Waals surface area contributed by atoms with Gasteiger partial charge in [0.15, 0.2) is 0 Å². The first-order valence-corrected chi connectivity index (χ1v) is 6.78. The van der Waals surface area contributed by atoms with E-state index in [-0.39, 0.29) is 11.2 Å². The zero-order chi connectivity index (χ0) is 13.9. The average Bonchev–Trinajstić information content (AvgIpc) is 3.02. The first-order chi connectivity index (χ1) is 8.75. The largest absolute Gasteiger partial charge is 0.495 e. The highest BCUT2D eigenvalue weighted by Crippen LogP contribution is 2.45. The molecule has 3 rings (SSSR count). The van der Waals surface area contributed by atoms with Crippen LogP contribution in [0.2, 0.25) is 0 Å². The predicted molar refractivity (Wildman–Crippen MR) is 73.1 cm³/mol. The van der Waals surface area contributed by atoms with E-state index in [1.807, 2.05) is 33.8 Å². The Morgan fingerprint density at radius 3 is 2.26 bits per heavy atom. The maximum absolute atomic E-state index is 10.4. The quantitative estimate of drug-likeness (QED) is 0.817. The molecule has 1 N–H and O–H groups in total. The van der Waals surface area contributed by atoms with E-state index in [9.17, 15) is 5.11 Å². The van der Waals surface area contributed by atoms with Gasteiger partial charge in [-0.2, -0.15) is 0 Å². The molecule has 1 aromatic heterocycles. The summed E-state index contributed by atoms with van der Waals surface area (Å²) in [7, 11) is -0.437. The lowest BCUT2D eigenvalue weighted by molar-refractivity contribution is 0.00578. The molecular weight excluding hydrogens is 241 g/mol. The molecule has 2 fully saturated rings. The molecule has 0 radical (unpaired) electrons. The molecule has 1 saturated heterocycles. The van der Waals surface area contributed by atoms with Crippen LogP contribution in [0, 0.1) is 0 Å². The minimum absolute atomic E-state index is 0.371. The van der Waals surface area contributed by atoms with Crippen molar-refractivity contribution in [2.45, 2.75) is 57.3 Å². The van der Waals surface area contributed by atoms with Crippen molar-refractivity contribution in [2.24, 2.45) is 0 Å². The van der Waals surface area contributed by atoms with Crippen LogP contribution in [0.4, 0.5) is 0 Å². The van der Waals surface area contributed by atoms with Crippen molar-refractivity contribution < 1.29 is 14.4 Å². The van der Waals surface area contributed by atoms with Gasteiger partial charge in [0.05, 0.1) is 16.8 Å². The van der Waals surface area contributed by atoms with Gasteiger partial charge in [-0.3, -0.25) is 4.98 Å². The Bertz CT molecular complexity index is 495. The monoisotopic (exact) mass is 261 g/mol. The summed E-state index contributed by atoms with van der Waals surface area (Å²) in [5.41, 5.74) is 0.268. The van der Waals surface area contributed by atoms with E-state index < -0.39 is 12.7 Å². The second kappa shape index (κ2) is 3.81. The minimum atomic E-state index is -0.729. The van der Waals surface area contributed by atoms with Crippen LogP contribution in [0.15, 0.2) is 18.5 Å². The van der Waals surface area contributed by atoms with E-state index >= 15 is 0 Å². The minimum Gasteiger partial charge on any atom is -0.399 e. The maximum atomic E-state index is 10.4. The molecule has 19 heavy (non-hydrogen) atoms. The van der Waals surface area contributed by atoms with Crippen molar-refractivity contribution in [3.8, 4) is 0 Å². The molecule has 0 atom stereocenters. The number of nitrogens with zero attached hydrogens (tertiary/aromatic N) is 1. The highest BCUT2D eigenvalue weighted by Gasteiger charge is 2.54. The van der Waals surface area contributed by atoms with Crippen molar-refractivity contribution in [3.63, 3.8) is 0 Å². The molecule has 2 aliphatic rings. The Kier molecular flexibility index (Phi) is 2.63. The topological polar surface area (TPSA) is 51.6 Å². The Labute approximate surface area is 114 Å². The van der Waals surface area contributed by atoms with Crippen molar-refractivity contribution >= 4 is 12.6 Å². The normalized spacial score (nSPS) is 26.5. The molecule has 0 amide bonds.